The topological polar surface area (TPSA) is 42.9 Å². The first kappa shape index (κ1) is 23.0. The van der Waals surface area contributed by atoms with Gasteiger partial charge in [0.2, 0.25) is 0 Å². The molecule has 0 bridgehead atoms. The number of rotatable bonds is 10. The molecule has 152 valence electrons. The summed E-state index contributed by atoms with van der Waals surface area (Å²) in [5, 5.41) is 7.05. The summed E-state index contributed by atoms with van der Waals surface area (Å²) in [7, 11) is 0. The summed E-state index contributed by atoms with van der Waals surface area (Å²) < 4.78 is 0. The van der Waals surface area contributed by atoms with Gasteiger partial charge in [-0.15, -0.1) is 0 Å². The predicted octanol–water partition coefficient (Wildman–Crippen LogP) is 3.09. The Balaban J connectivity index is 2.41. The summed E-state index contributed by atoms with van der Waals surface area (Å²) in [5.74, 6) is 0.978. The van der Waals surface area contributed by atoms with Crippen molar-refractivity contribution in [2.24, 2.45) is 4.99 Å². The summed E-state index contributed by atoms with van der Waals surface area (Å²) in [5.41, 5.74) is 1.25. The number of nitrogens with zero attached hydrogens (tertiary/aromatic N) is 3. The molecule has 1 fully saturated rings. The van der Waals surface area contributed by atoms with Gasteiger partial charge in [-0.25, -0.2) is 0 Å². The average molecular weight is 366 g/mol. The molecule has 1 aliphatic rings. The van der Waals surface area contributed by atoms with Crippen molar-refractivity contribution in [1.29, 1.82) is 0 Å². The van der Waals surface area contributed by atoms with Crippen molar-refractivity contribution in [2.45, 2.75) is 78.9 Å². The van der Waals surface area contributed by atoms with Crippen molar-refractivity contribution in [2.75, 3.05) is 39.3 Å². The third kappa shape index (κ3) is 9.04. The van der Waals surface area contributed by atoms with Crippen molar-refractivity contribution in [1.82, 2.24) is 20.4 Å². The van der Waals surface area contributed by atoms with Crippen molar-refractivity contribution < 1.29 is 0 Å². The fraction of sp³-hybridized carbons (Fsp3) is 0.857. The fourth-order valence-electron chi connectivity index (χ4n) is 3.69. The highest BCUT2D eigenvalue weighted by atomic mass is 15.2. The van der Waals surface area contributed by atoms with Crippen molar-refractivity contribution in [3.63, 3.8) is 0 Å². The minimum Gasteiger partial charge on any atom is -0.357 e. The normalized spacial score (nSPS) is 17.3. The number of aliphatic imine (C=N–C) groups is 1. The zero-order valence-corrected chi connectivity index (χ0v) is 18.1. The number of hydrogen-bond acceptors (Lipinski definition) is 3. The van der Waals surface area contributed by atoms with Crippen LogP contribution in [0.15, 0.2) is 17.1 Å². The van der Waals surface area contributed by atoms with Gasteiger partial charge < -0.3 is 10.6 Å². The molecular weight excluding hydrogens is 322 g/mol. The highest BCUT2D eigenvalue weighted by Crippen LogP contribution is 2.11. The van der Waals surface area contributed by atoms with Gasteiger partial charge in [0.05, 0.1) is 0 Å². The highest BCUT2D eigenvalue weighted by Gasteiger charge is 2.19. The van der Waals surface area contributed by atoms with E-state index in [1.807, 2.05) is 0 Å². The SMILES string of the molecule is C=C(C)CN1CCC(NC(=NCCCN(C(C)C)C(C)C)NCC)CC1. The van der Waals surface area contributed by atoms with Crippen LogP contribution in [0.25, 0.3) is 0 Å². The molecule has 5 heteroatoms. The van der Waals surface area contributed by atoms with E-state index < -0.39 is 0 Å². The Morgan fingerprint density at radius 2 is 1.81 bits per heavy atom. The Hall–Kier alpha value is -1.07. The minimum atomic E-state index is 0.525. The quantitative estimate of drug-likeness (QED) is 0.270. The third-order valence-electron chi connectivity index (χ3n) is 4.94. The van der Waals surface area contributed by atoms with Crippen LogP contribution in [-0.2, 0) is 0 Å². The molecule has 0 saturated carbocycles. The molecule has 0 radical (unpaired) electrons. The summed E-state index contributed by atoms with van der Waals surface area (Å²) in [6.07, 6.45) is 3.45. The smallest absolute Gasteiger partial charge is 0.191 e. The van der Waals surface area contributed by atoms with E-state index in [0.717, 1.165) is 51.6 Å². The van der Waals surface area contributed by atoms with E-state index in [-0.39, 0.29) is 0 Å². The van der Waals surface area contributed by atoms with Gasteiger partial charge in [0.15, 0.2) is 5.96 Å². The second-order valence-electron chi connectivity index (χ2n) is 8.19. The van der Waals surface area contributed by atoms with Gasteiger partial charge in [0.25, 0.3) is 0 Å². The molecule has 0 aromatic rings. The van der Waals surface area contributed by atoms with Gasteiger partial charge in [-0.2, -0.15) is 0 Å². The van der Waals surface area contributed by atoms with E-state index in [2.05, 4.69) is 68.6 Å². The van der Waals surface area contributed by atoms with E-state index in [1.165, 1.54) is 18.4 Å². The second-order valence-corrected chi connectivity index (χ2v) is 8.19. The van der Waals surface area contributed by atoms with Crippen LogP contribution in [0.5, 0.6) is 0 Å². The van der Waals surface area contributed by atoms with Crippen LogP contribution in [0.1, 0.15) is 60.8 Å². The summed E-state index contributed by atoms with van der Waals surface area (Å²) >= 11 is 0. The molecule has 0 aliphatic carbocycles. The molecule has 5 nitrogen and oxygen atoms in total. The molecular formula is C21H43N5. The molecule has 0 unspecified atom stereocenters. The van der Waals surface area contributed by atoms with E-state index in [9.17, 15) is 0 Å². The second kappa shape index (κ2) is 12.3. The van der Waals surface area contributed by atoms with Crippen LogP contribution in [0.4, 0.5) is 0 Å². The lowest BCUT2D eigenvalue weighted by Crippen LogP contribution is -2.49. The van der Waals surface area contributed by atoms with Crippen LogP contribution < -0.4 is 10.6 Å². The maximum Gasteiger partial charge on any atom is 0.191 e. The van der Waals surface area contributed by atoms with E-state index in [0.29, 0.717) is 18.1 Å². The van der Waals surface area contributed by atoms with Gasteiger partial charge >= 0.3 is 0 Å². The molecule has 1 saturated heterocycles. The van der Waals surface area contributed by atoms with Gasteiger partial charge in [-0.3, -0.25) is 14.8 Å². The largest absolute Gasteiger partial charge is 0.357 e. The van der Waals surface area contributed by atoms with Crippen LogP contribution >= 0.6 is 0 Å². The molecule has 0 amide bonds. The first-order valence-corrected chi connectivity index (χ1v) is 10.5. The highest BCUT2D eigenvalue weighted by molar-refractivity contribution is 5.80. The number of hydrogen-bond donors (Lipinski definition) is 2. The molecule has 1 rings (SSSR count). The molecule has 2 N–H and O–H groups in total. The van der Waals surface area contributed by atoms with Crippen LogP contribution in [-0.4, -0.2) is 73.2 Å². The van der Waals surface area contributed by atoms with Crippen molar-refractivity contribution >= 4 is 5.96 Å². The first-order valence-electron chi connectivity index (χ1n) is 10.5. The lowest BCUT2D eigenvalue weighted by Gasteiger charge is -2.33. The summed E-state index contributed by atoms with van der Waals surface area (Å²) in [4.78, 5) is 9.84. The lowest BCUT2D eigenvalue weighted by molar-refractivity contribution is 0.174. The Labute approximate surface area is 162 Å². The Bertz CT molecular complexity index is 414. The monoisotopic (exact) mass is 365 g/mol. The van der Waals surface area contributed by atoms with Gasteiger partial charge in [-0.05, 0) is 60.8 Å². The average Bonchev–Trinajstić information content (AvgIpc) is 2.55. The Morgan fingerprint density at radius 1 is 1.19 bits per heavy atom. The number of nitrogens with one attached hydrogen (secondary N) is 2. The molecule has 0 spiro atoms. The third-order valence-corrected chi connectivity index (χ3v) is 4.94. The zero-order valence-electron chi connectivity index (χ0n) is 18.1. The van der Waals surface area contributed by atoms with Gasteiger partial charge in [0.1, 0.15) is 0 Å². The Morgan fingerprint density at radius 3 is 2.31 bits per heavy atom. The molecule has 26 heavy (non-hydrogen) atoms. The first-order chi connectivity index (χ1) is 12.3. The molecule has 0 aromatic carbocycles. The maximum atomic E-state index is 4.81. The van der Waals surface area contributed by atoms with Gasteiger partial charge in [-0.1, -0.05) is 12.2 Å². The summed E-state index contributed by atoms with van der Waals surface area (Å²) in [6, 6.07) is 1.71. The predicted molar refractivity (Wildman–Crippen MR) is 115 cm³/mol. The van der Waals surface area contributed by atoms with Crippen molar-refractivity contribution in [3.05, 3.63) is 12.2 Å². The maximum absolute atomic E-state index is 4.81. The lowest BCUT2D eigenvalue weighted by atomic mass is 10.0. The van der Waals surface area contributed by atoms with Crippen molar-refractivity contribution in [3.8, 4) is 0 Å². The number of guanidine groups is 1. The standard InChI is InChI=1S/C21H43N5/c1-8-22-21(23-12-9-13-26(18(4)5)19(6)7)24-20-10-14-25(15-11-20)16-17(2)3/h18-20H,2,8-16H2,1,3-7H3,(H2,22,23,24). The fourth-order valence-corrected chi connectivity index (χ4v) is 3.69. The molecule has 1 heterocycles. The Kier molecular flexibility index (Phi) is 10.9. The summed E-state index contributed by atoms with van der Waals surface area (Å²) in [6.45, 7) is 23.6. The zero-order chi connectivity index (χ0) is 19.5. The molecule has 0 aromatic heterocycles. The molecule has 1 aliphatic heterocycles. The number of piperidine rings is 1. The van der Waals surface area contributed by atoms with Crippen LogP contribution in [0.2, 0.25) is 0 Å². The van der Waals surface area contributed by atoms with E-state index >= 15 is 0 Å². The van der Waals surface area contributed by atoms with Crippen LogP contribution in [0.3, 0.4) is 0 Å². The van der Waals surface area contributed by atoms with Gasteiger partial charge in [0, 0.05) is 57.4 Å². The van der Waals surface area contributed by atoms with E-state index in [4.69, 9.17) is 4.99 Å². The molecule has 0 atom stereocenters. The number of likely N-dealkylation sites (tertiary alicyclic amines) is 1. The minimum absolute atomic E-state index is 0.525. The van der Waals surface area contributed by atoms with Crippen LogP contribution in [0, 0.1) is 0 Å². The van der Waals surface area contributed by atoms with E-state index in [1.54, 1.807) is 0 Å².